The normalized spacial score (nSPS) is 12.3. The van der Waals surface area contributed by atoms with Crippen LogP contribution in [0.4, 0.5) is 26.3 Å². The maximum absolute atomic E-state index is 12.7. The van der Waals surface area contributed by atoms with Gasteiger partial charge in [0.25, 0.3) is 0 Å². The summed E-state index contributed by atoms with van der Waals surface area (Å²) in [5.41, 5.74) is -1.68. The summed E-state index contributed by atoms with van der Waals surface area (Å²) < 4.78 is 78.9. The van der Waals surface area contributed by atoms with Crippen LogP contribution in [0.15, 0.2) is 36.4 Å². The highest BCUT2D eigenvalue weighted by atomic mass is 35.5. The lowest BCUT2D eigenvalue weighted by Gasteiger charge is -2.14. The van der Waals surface area contributed by atoms with E-state index in [4.69, 9.17) is 11.6 Å². The highest BCUT2D eigenvalue weighted by molar-refractivity contribution is 6.29. The van der Waals surface area contributed by atoms with Crippen molar-refractivity contribution in [2.45, 2.75) is 12.5 Å². The Morgan fingerprint density at radius 3 is 2.18 bits per heavy atom. The van der Waals surface area contributed by atoms with E-state index >= 15 is 0 Å². The van der Waals surface area contributed by atoms with Crippen molar-refractivity contribution < 1.29 is 31.1 Å². The van der Waals surface area contributed by atoms with Gasteiger partial charge in [0, 0.05) is 5.56 Å². The van der Waals surface area contributed by atoms with Crippen molar-refractivity contribution in [3.05, 3.63) is 47.2 Å². The Kier molecular flexibility index (Phi) is 4.23. The molecule has 2 nitrogen and oxygen atoms in total. The largest absolute Gasteiger partial charge is 0.573 e. The van der Waals surface area contributed by atoms with Gasteiger partial charge in [0.1, 0.15) is 16.6 Å². The lowest BCUT2D eigenvalue weighted by atomic mass is 10.0. The van der Waals surface area contributed by atoms with Crippen molar-refractivity contribution >= 4 is 11.6 Å². The molecule has 0 atom stereocenters. The van der Waals surface area contributed by atoms with Crippen LogP contribution in [0.5, 0.6) is 5.75 Å². The molecule has 1 aromatic heterocycles. The van der Waals surface area contributed by atoms with Crippen molar-refractivity contribution in [2.75, 3.05) is 0 Å². The average Bonchev–Trinajstić information content (AvgIpc) is 2.35. The first kappa shape index (κ1) is 16.4. The number of halogens is 7. The molecule has 22 heavy (non-hydrogen) atoms. The van der Waals surface area contributed by atoms with E-state index in [2.05, 4.69) is 9.72 Å². The maximum atomic E-state index is 12.7. The van der Waals surface area contributed by atoms with E-state index in [1.54, 1.807) is 0 Å². The summed E-state index contributed by atoms with van der Waals surface area (Å²) in [6.45, 7) is 0. The molecule has 0 fully saturated rings. The topological polar surface area (TPSA) is 22.1 Å². The Morgan fingerprint density at radius 1 is 0.955 bits per heavy atom. The van der Waals surface area contributed by atoms with E-state index in [9.17, 15) is 26.3 Å². The highest BCUT2D eigenvalue weighted by Crippen LogP contribution is 2.37. The van der Waals surface area contributed by atoms with Gasteiger partial charge in [-0.15, -0.1) is 13.2 Å². The van der Waals surface area contributed by atoms with E-state index < -0.39 is 29.1 Å². The molecule has 2 rings (SSSR count). The molecule has 118 valence electrons. The zero-order valence-electron chi connectivity index (χ0n) is 10.5. The monoisotopic (exact) mass is 341 g/mol. The number of alkyl halides is 6. The van der Waals surface area contributed by atoms with E-state index in [0.717, 1.165) is 12.1 Å². The Morgan fingerprint density at radius 2 is 1.59 bits per heavy atom. The number of benzene rings is 1. The predicted octanol–water partition coefficient (Wildman–Crippen LogP) is 5.32. The smallest absolute Gasteiger partial charge is 0.405 e. The van der Waals surface area contributed by atoms with Gasteiger partial charge in [-0.2, -0.15) is 13.2 Å². The van der Waals surface area contributed by atoms with Gasteiger partial charge in [0.2, 0.25) is 0 Å². The fourth-order valence-electron chi connectivity index (χ4n) is 1.72. The summed E-state index contributed by atoms with van der Waals surface area (Å²) in [7, 11) is 0. The predicted molar refractivity (Wildman–Crippen MR) is 66.4 cm³/mol. The van der Waals surface area contributed by atoms with Crippen LogP contribution < -0.4 is 4.74 Å². The Balaban J connectivity index is 2.55. The summed E-state index contributed by atoms with van der Waals surface area (Å²) >= 11 is 5.52. The molecule has 0 aliphatic heterocycles. The van der Waals surface area contributed by atoms with Gasteiger partial charge in [0.15, 0.2) is 0 Å². The molecule has 0 unspecified atom stereocenters. The van der Waals surface area contributed by atoms with Crippen LogP contribution in [0.3, 0.4) is 0 Å². The van der Waals surface area contributed by atoms with Gasteiger partial charge < -0.3 is 4.74 Å². The van der Waals surface area contributed by atoms with Gasteiger partial charge in [0.05, 0.1) is 0 Å². The molecular weight excluding hydrogens is 336 g/mol. The molecule has 1 heterocycles. The molecule has 0 amide bonds. The number of ether oxygens (including phenoxy) is 1. The van der Waals surface area contributed by atoms with Crippen molar-refractivity contribution in [3.63, 3.8) is 0 Å². The molecule has 0 aliphatic rings. The minimum Gasteiger partial charge on any atom is -0.405 e. The molecule has 0 aliphatic carbocycles. The third-order valence-electron chi connectivity index (χ3n) is 2.51. The average molecular weight is 342 g/mol. The highest BCUT2D eigenvalue weighted by Gasteiger charge is 2.34. The number of rotatable bonds is 2. The number of pyridine rings is 1. The molecule has 9 heteroatoms. The van der Waals surface area contributed by atoms with Gasteiger partial charge in [-0.05, 0) is 23.8 Å². The first-order valence-electron chi connectivity index (χ1n) is 5.66. The molecule has 0 bridgehead atoms. The van der Waals surface area contributed by atoms with Crippen LogP contribution in [0.25, 0.3) is 11.1 Å². The number of hydrogen-bond acceptors (Lipinski definition) is 2. The maximum Gasteiger partial charge on any atom is 0.573 e. The van der Waals surface area contributed by atoms with Crippen molar-refractivity contribution in [2.24, 2.45) is 0 Å². The van der Waals surface area contributed by atoms with Crippen molar-refractivity contribution in [1.82, 2.24) is 4.98 Å². The van der Waals surface area contributed by atoms with Gasteiger partial charge in [-0.25, -0.2) is 4.98 Å². The van der Waals surface area contributed by atoms with Gasteiger partial charge >= 0.3 is 12.5 Å². The fraction of sp³-hybridized carbons (Fsp3) is 0.154. The lowest BCUT2D eigenvalue weighted by Crippen LogP contribution is -2.17. The van der Waals surface area contributed by atoms with Crippen molar-refractivity contribution in [1.29, 1.82) is 0 Å². The van der Waals surface area contributed by atoms with Crippen LogP contribution in [-0.4, -0.2) is 11.3 Å². The number of hydrogen-bond donors (Lipinski definition) is 0. The summed E-state index contributed by atoms with van der Waals surface area (Å²) in [5, 5.41) is -0.494. The molecule has 0 N–H and O–H groups in total. The SMILES string of the molecule is FC(F)(F)Oc1ccccc1-c1cc(Cl)nc(C(F)(F)F)c1. The zero-order valence-corrected chi connectivity index (χ0v) is 11.2. The van der Waals surface area contributed by atoms with Crippen LogP contribution in [-0.2, 0) is 6.18 Å². The second-order valence-electron chi connectivity index (χ2n) is 4.11. The third-order valence-corrected chi connectivity index (χ3v) is 2.70. The van der Waals surface area contributed by atoms with Crippen LogP contribution >= 0.6 is 11.6 Å². The first-order chi connectivity index (χ1) is 10.1. The zero-order chi connectivity index (χ0) is 16.5. The molecule has 0 spiro atoms. The number of aromatic nitrogens is 1. The molecule has 1 aromatic carbocycles. The van der Waals surface area contributed by atoms with Gasteiger partial charge in [-0.3, -0.25) is 0 Å². The third kappa shape index (κ3) is 4.03. The minimum atomic E-state index is -4.97. The summed E-state index contributed by atoms with van der Waals surface area (Å²) in [5.74, 6) is -0.634. The Labute approximate surface area is 125 Å². The number of para-hydroxylation sites is 1. The molecule has 0 saturated carbocycles. The second kappa shape index (κ2) is 5.68. The molecule has 0 saturated heterocycles. The quantitative estimate of drug-likeness (QED) is 0.545. The van der Waals surface area contributed by atoms with E-state index in [1.807, 2.05) is 0 Å². The van der Waals surface area contributed by atoms with Crippen LogP contribution in [0, 0.1) is 0 Å². The molecule has 2 aromatic rings. The Bertz CT molecular complexity index is 683. The first-order valence-corrected chi connectivity index (χ1v) is 6.04. The van der Waals surface area contributed by atoms with E-state index in [-0.39, 0.29) is 11.1 Å². The standard InChI is InChI=1S/C13H6ClF6NO/c14-11-6-7(5-10(21-11)12(15,16)17)8-3-1-2-4-9(8)22-13(18,19)20/h1-6H. The fourth-order valence-corrected chi connectivity index (χ4v) is 1.93. The Hall–Kier alpha value is -1.96. The minimum absolute atomic E-state index is 0.186. The van der Waals surface area contributed by atoms with Crippen molar-refractivity contribution in [3.8, 4) is 16.9 Å². The van der Waals surface area contributed by atoms with Crippen LogP contribution in [0.2, 0.25) is 5.15 Å². The summed E-state index contributed by atoms with van der Waals surface area (Å²) in [4.78, 5) is 3.11. The number of nitrogens with zero attached hydrogens (tertiary/aromatic N) is 1. The van der Waals surface area contributed by atoms with E-state index in [0.29, 0.717) is 6.07 Å². The van der Waals surface area contributed by atoms with Crippen LogP contribution in [0.1, 0.15) is 5.69 Å². The van der Waals surface area contributed by atoms with E-state index in [1.165, 1.54) is 18.2 Å². The summed E-state index contributed by atoms with van der Waals surface area (Å²) in [6.07, 6.45) is -9.75. The summed E-state index contributed by atoms with van der Waals surface area (Å²) in [6, 6.07) is 6.43. The van der Waals surface area contributed by atoms with Gasteiger partial charge in [-0.1, -0.05) is 29.8 Å². The lowest BCUT2D eigenvalue weighted by molar-refractivity contribution is -0.274. The molecular formula is C13H6ClF6NO. The molecule has 0 radical (unpaired) electrons. The second-order valence-corrected chi connectivity index (χ2v) is 4.49.